The van der Waals surface area contributed by atoms with Crippen molar-refractivity contribution in [2.24, 2.45) is 10.8 Å². The lowest BCUT2D eigenvalue weighted by molar-refractivity contribution is 0.0205. The molecule has 3 heterocycles. The molecule has 0 aromatic carbocycles. The lowest BCUT2D eigenvalue weighted by Crippen LogP contribution is -2.41. The summed E-state index contributed by atoms with van der Waals surface area (Å²) in [6.07, 6.45) is 6.35. The third-order valence-corrected chi connectivity index (χ3v) is 8.69. The Hall–Kier alpha value is -1.56. The van der Waals surface area contributed by atoms with Gasteiger partial charge in [0.1, 0.15) is 5.60 Å². The molecule has 0 radical (unpaired) electrons. The van der Waals surface area contributed by atoms with Crippen LogP contribution in [0.25, 0.3) is 0 Å². The summed E-state index contributed by atoms with van der Waals surface area (Å²) in [5.41, 5.74) is 0.966. The van der Waals surface area contributed by atoms with Gasteiger partial charge in [-0.05, 0) is 82.1 Å². The molecule has 0 N–H and O–H groups in total. The van der Waals surface area contributed by atoms with Crippen LogP contribution in [0, 0.1) is 10.8 Å². The SMILES string of the molecule is CC.CC1(C)CCC2(C)CC(C1)N(C(=O)c1csc(C3CCN(C(=O)OC(C)(C)C)CC3)c1)C2. The molecule has 2 saturated heterocycles. The lowest BCUT2D eigenvalue weighted by atomic mass is 9.79. The summed E-state index contributed by atoms with van der Waals surface area (Å²) in [5.74, 6) is 0.628. The summed E-state index contributed by atoms with van der Waals surface area (Å²) in [7, 11) is 0. The van der Waals surface area contributed by atoms with Crippen LogP contribution in [0.5, 0.6) is 0 Å². The number of rotatable bonds is 2. The number of fused-ring (bicyclic) bond motifs is 2. The highest BCUT2D eigenvalue weighted by molar-refractivity contribution is 7.10. The first kappa shape index (κ1) is 27.0. The largest absolute Gasteiger partial charge is 0.444 e. The minimum atomic E-state index is -0.462. The molecule has 192 valence electrons. The number of likely N-dealkylation sites (tertiary alicyclic amines) is 2. The fourth-order valence-electron chi connectivity index (χ4n) is 5.78. The molecule has 2 aliphatic heterocycles. The number of ether oxygens (including phenoxy) is 1. The summed E-state index contributed by atoms with van der Waals surface area (Å²) in [5, 5.41) is 2.06. The highest BCUT2D eigenvalue weighted by Crippen LogP contribution is 2.49. The van der Waals surface area contributed by atoms with E-state index in [1.165, 1.54) is 17.7 Å². The monoisotopic (exact) mass is 490 g/mol. The van der Waals surface area contributed by atoms with Gasteiger partial charge in [-0.2, -0.15) is 0 Å². The van der Waals surface area contributed by atoms with Gasteiger partial charge in [-0.3, -0.25) is 4.79 Å². The average Bonchev–Trinajstić information content (AvgIpc) is 3.34. The fraction of sp³-hybridized carbons (Fsp3) is 0.786. The maximum atomic E-state index is 13.5. The Balaban J connectivity index is 0.00000158. The van der Waals surface area contributed by atoms with Crippen LogP contribution in [0.1, 0.15) is 115 Å². The zero-order chi connectivity index (χ0) is 25.3. The first-order chi connectivity index (χ1) is 15.8. The normalized spacial score (nSPS) is 27.0. The Morgan fingerprint density at radius 3 is 2.32 bits per heavy atom. The van der Waals surface area contributed by atoms with Crippen LogP contribution in [0.15, 0.2) is 11.4 Å². The Labute approximate surface area is 211 Å². The van der Waals surface area contributed by atoms with Crippen LogP contribution in [0.3, 0.4) is 0 Å². The molecule has 2 atom stereocenters. The predicted octanol–water partition coefficient (Wildman–Crippen LogP) is 7.32. The van der Waals surface area contributed by atoms with E-state index in [9.17, 15) is 9.59 Å². The zero-order valence-corrected chi connectivity index (χ0v) is 23.5. The van der Waals surface area contributed by atoms with Crippen LogP contribution in [0.2, 0.25) is 0 Å². The van der Waals surface area contributed by atoms with Crippen molar-refractivity contribution in [1.29, 1.82) is 0 Å². The number of carbonyl (C=O) groups is 2. The van der Waals surface area contributed by atoms with Crippen molar-refractivity contribution in [3.8, 4) is 0 Å². The third-order valence-electron chi connectivity index (χ3n) is 7.59. The van der Waals surface area contributed by atoms with Crippen LogP contribution >= 0.6 is 11.3 Å². The van der Waals surface area contributed by atoms with E-state index in [1.54, 1.807) is 11.3 Å². The van der Waals surface area contributed by atoms with Gasteiger partial charge in [0.05, 0.1) is 5.56 Å². The summed E-state index contributed by atoms with van der Waals surface area (Å²) in [4.78, 5) is 31.1. The van der Waals surface area contributed by atoms with Crippen LogP contribution in [0.4, 0.5) is 4.79 Å². The molecular formula is C28H46N2O3S. The van der Waals surface area contributed by atoms with Gasteiger partial charge in [-0.15, -0.1) is 11.3 Å². The van der Waals surface area contributed by atoms with E-state index in [-0.39, 0.29) is 17.4 Å². The van der Waals surface area contributed by atoms with Gasteiger partial charge < -0.3 is 14.5 Å². The zero-order valence-electron chi connectivity index (χ0n) is 22.7. The van der Waals surface area contributed by atoms with Crippen molar-refractivity contribution >= 4 is 23.3 Å². The second-order valence-corrected chi connectivity index (χ2v) is 13.4. The maximum absolute atomic E-state index is 13.5. The van der Waals surface area contributed by atoms with Gasteiger partial charge in [0.25, 0.3) is 5.91 Å². The molecule has 3 aliphatic rings. The Morgan fingerprint density at radius 2 is 1.71 bits per heavy atom. The van der Waals surface area contributed by atoms with E-state index in [0.717, 1.165) is 37.8 Å². The topological polar surface area (TPSA) is 49.9 Å². The van der Waals surface area contributed by atoms with Gasteiger partial charge in [0, 0.05) is 35.9 Å². The van der Waals surface area contributed by atoms with Gasteiger partial charge >= 0.3 is 6.09 Å². The van der Waals surface area contributed by atoms with E-state index in [4.69, 9.17) is 4.74 Å². The summed E-state index contributed by atoms with van der Waals surface area (Å²) in [6.45, 7) is 19.1. The standard InChI is InChI=1S/C26H40N2O3S.C2H6/c1-24(2,3)31-23(30)27-11-7-18(8-12-27)21-13-19(16-32-21)22(29)28-17-26(6)10-9-25(4,5)14-20(28)15-26;1-2/h13,16,18,20H,7-12,14-15,17H2,1-6H3;1-2H3. The highest BCUT2D eigenvalue weighted by atomic mass is 32.1. The smallest absolute Gasteiger partial charge is 0.410 e. The van der Waals surface area contributed by atoms with Gasteiger partial charge in [0.15, 0.2) is 0 Å². The third kappa shape index (κ3) is 6.35. The second-order valence-electron chi connectivity index (χ2n) is 12.4. The van der Waals surface area contributed by atoms with Crippen molar-refractivity contribution in [3.05, 3.63) is 21.9 Å². The van der Waals surface area contributed by atoms with E-state index >= 15 is 0 Å². The Morgan fingerprint density at radius 1 is 1.06 bits per heavy atom. The maximum Gasteiger partial charge on any atom is 0.410 e. The molecule has 1 aliphatic carbocycles. The molecule has 1 saturated carbocycles. The molecule has 3 fully saturated rings. The number of amides is 2. The molecule has 2 amide bonds. The Bertz CT molecular complexity index is 863. The first-order valence-electron chi connectivity index (χ1n) is 13.2. The lowest BCUT2D eigenvalue weighted by Gasteiger charge is -2.35. The summed E-state index contributed by atoms with van der Waals surface area (Å²) < 4.78 is 5.52. The molecule has 5 nitrogen and oxygen atoms in total. The van der Waals surface area contributed by atoms with Crippen molar-refractivity contribution < 1.29 is 14.3 Å². The van der Waals surface area contributed by atoms with Gasteiger partial charge in [-0.1, -0.05) is 34.6 Å². The van der Waals surface area contributed by atoms with Crippen LogP contribution in [-0.4, -0.2) is 53.1 Å². The molecule has 2 unspecified atom stereocenters. The van der Waals surface area contributed by atoms with Gasteiger partial charge in [0.2, 0.25) is 0 Å². The van der Waals surface area contributed by atoms with Crippen LogP contribution in [-0.2, 0) is 4.74 Å². The first-order valence-corrected chi connectivity index (χ1v) is 14.1. The van der Waals surface area contributed by atoms with E-state index < -0.39 is 5.60 Å². The van der Waals surface area contributed by atoms with Crippen LogP contribution < -0.4 is 0 Å². The minimum Gasteiger partial charge on any atom is -0.444 e. The molecule has 1 aromatic heterocycles. The van der Waals surface area contributed by atoms with Crippen molar-refractivity contribution in [2.45, 2.75) is 111 Å². The van der Waals surface area contributed by atoms with Crippen molar-refractivity contribution in [2.75, 3.05) is 19.6 Å². The number of hydrogen-bond donors (Lipinski definition) is 0. The predicted molar refractivity (Wildman–Crippen MR) is 141 cm³/mol. The molecular weight excluding hydrogens is 444 g/mol. The number of thiophene rings is 1. The Kier molecular flexibility index (Phi) is 8.11. The molecule has 4 rings (SSSR count). The number of piperidine rings is 1. The number of carbonyl (C=O) groups excluding carboxylic acids is 2. The number of nitrogens with zero attached hydrogens (tertiary/aromatic N) is 2. The average molecular weight is 491 g/mol. The summed E-state index contributed by atoms with van der Waals surface area (Å²) >= 11 is 1.71. The van der Waals surface area contributed by atoms with E-state index in [2.05, 4.69) is 37.1 Å². The molecule has 1 aromatic rings. The quantitative estimate of drug-likeness (QED) is 0.436. The molecule has 34 heavy (non-hydrogen) atoms. The van der Waals surface area contributed by atoms with E-state index in [1.807, 2.05) is 39.5 Å². The van der Waals surface area contributed by atoms with E-state index in [0.29, 0.717) is 30.5 Å². The van der Waals surface area contributed by atoms with Crippen molar-refractivity contribution in [1.82, 2.24) is 9.80 Å². The molecule has 0 spiro atoms. The van der Waals surface area contributed by atoms with Gasteiger partial charge in [-0.25, -0.2) is 4.79 Å². The van der Waals surface area contributed by atoms with Crippen molar-refractivity contribution in [3.63, 3.8) is 0 Å². The number of hydrogen-bond acceptors (Lipinski definition) is 4. The minimum absolute atomic E-state index is 0.213. The fourth-order valence-corrected chi connectivity index (χ4v) is 6.84. The second kappa shape index (κ2) is 10.2. The summed E-state index contributed by atoms with van der Waals surface area (Å²) in [6, 6.07) is 2.50. The highest BCUT2D eigenvalue weighted by Gasteiger charge is 2.47. The molecule has 2 bridgehead atoms. The molecule has 6 heteroatoms.